The number of anilines is 1. The van der Waals surface area contributed by atoms with Crippen molar-refractivity contribution >= 4 is 29.0 Å². The third kappa shape index (κ3) is 7.64. The van der Waals surface area contributed by atoms with E-state index in [0.29, 0.717) is 17.8 Å². The number of urea groups is 1. The molecule has 1 heterocycles. The third-order valence-electron chi connectivity index (χ3n) is 5.36. The number of hydrogen-bond donors (Lipinski definition) is 1. The molecule has 0 aliphatic heterocycles. The van der Waals surface area contributed by atoms with Crippen LogP contribution in [-0.4, -0.2) is 48.5 Å². The van der Waals surface area contributed by atoms with Crippen molar-refractivity contribution in [2.75, 3.05) is 32.1 Å². The van der Waals surface area contributed by atoms with Gasteiger partial charge >= 0.3 is 6.03 Å². The van der Waals surface area contributed by atoms with Crippen molar-refractivity contribution in [2.45, 2.75) is 20.0 Å². The number of aryl methyl sites for hydroxylation is 1. The Bertz CT molecular complexity index is 1190. The molecule has 35 heavy (non-hydrogen) atoms. The van der Waals surface area contributed by atoms with Gasteiger partial charge in [0, 0.05) is 30.8 Å². The Balaban J connectivity index is 1.78. The summed E-state index contributed by atoms with van der Waals surface area (Å²) in [5.74, 6) is -0.595. The molecule has 0 unspecified atom stereocenters. The summed E-state index contributed by atoms with van der Waals surface area (Å²) in [4.78, 5) is 30.5. The van der Waals surface area contributed by atoms with Crippen LogP contribution in [0.1, 0.15) is 21.6 Å². The van der Waals surface area contributed by atoms with Gasteiger partial charge in [-0.25, -0.2) is 9.18 Å². The smallest absolute Gasteiger partial charge is 0.322 e. The molecule has 7 nitrogen and oxygen atoms in total. The van der Waals surface area contributed by atoms with E-state index < -0.39 is 6.03 Å². The van der Waals surface area contributed by atoms with Crippen LogP contribution in [0.5, 0.6) is 0 Å². The van der Waals surface area contributed by atoms with Crippen LogP contribution in [0.2, 0.25) is 0 Å². The summed E-state index contributed by atoms with van der Waals surface area (Å²) in [5.41, 5.74) is 2.74. The maximum Gasteiger partial charge on any atom is 0.322 e. The van der Waals surface area contributed by atoms with Gasteiger partial charge in [0.05, 0.1) is 24.8 Å². The summed E-state index contributed by atoms with van der Waals surface area (Å²) in [6.07, 6.45) is 0. The maximum atomic E-state index is 13.4. The average molecular weight is 495 g/mol. The van der Waals surface area contributed by atoms with Gasteiger partial charge in [0.25, 0.3) is 0 Å². The molecule has 0 saturated carbocycles. The fraction of sp³-hybridized carbons (Fsp3) is 0.269. The molecule has 0 fully saturated rings. The van der Waals surface area contributed by atoms with Crippen LogP contribution in [0.25, 0.3) is 0 Å². The largest absolute Gasteiger partial charge is 0.383 e. The number of rotatable bonds is 10. The monoisotopic (exact) mass is 494 g/mol. The SMILES string of the molecule is COCCN(CC(=O)N(Cc1ccc(F)cc1)Cc1sccc1C)C(=O)Nc1cccc(C#N)c1. The van der Waals surface area contributed by atoms with Crippen molar-refractivity contribution in [3.05, 3.63) is 87.4 Å². The molecule has 3 rings (SSSR count). The molecular weight excluding hydrogens is 467 g/mol. The number of nitrogens with zero attached hydrogens (tertiary/aromatic N) is 3. The summed E-state index contributed by atoms with van der Waals surface area (Å²) in [7, 11) is 1.52. The Morgan fingerprint density at radius 1 is 1.11 bits per heavy atom. The normalized spacial score (nSPS) is 10.5. The van der Waals surface area contributed by atoms with Crippen LogP contribution < -0.4 is 5.32 Å². The Hall–Kier alpha value is -3.74. The number of hydrogen-bond acceptors (Lipinski definition) is 5. The standard InChI is InChI=1S/C26H27FN4O3S/c1-19-10-13-35-24(19)17-31(16-20-6-8-22(27)9-7-20)25(32)18-30(11-12-34-2)26(33)29-23-5-3-4-21(14-23)15-28/h3-10,13-14H,11-12,16-18H2,1-2H3,(H,29,33). The Morgan fingerprint density at radius 2 is 1.89 bits per heavy atom. The highest BCUT2D eigenvalue weighted by Gasteiger charge is 2.23. The summed E-state index contributed by atoms with van der Waals surface area (Å²) in [5, 5.41) is 13.8. The van der Waals surface area contributed by atoms with Crippen LogP contribution >= 0.6 is 11.3 Å². The van der Waals surface area contributed by atoms with Crippen LogP contribution in [0.15, 0.2) is 60.0 Å². The third-order valence-corrected chi connectivity index (χ3v) is 6.37. The molecule has 9 heteroatoms. The first kappa shape index (κ1) is 25.9. The summed E-state index contributed by atoms with van der Waals surface area (Å²) >= 11 is 1.56. The van der Waals surface area contributed by atoms with Gasteiger partial charge in [-0.2, -0.15) is 5.26 Å². The first-order valence-electron chi connectivity index (χ1n) is 11.0. The molecule has 0 spiro atoms. The van der Waals surface area contributed by atoms with Gasteiger partial charge < -0.3 is 19.9 Å². The number of ether oxygens (including phenoxy) is 1. The van der Waals surface area contributed by atoms with Crippen molar-refractivity contribution in [1.82, 2.24) is 9.80 Å². The molecular formula is C26H27FN4O3S. The number of nitrogens with one attached hydrogen (secondary N) is 1. The van der Waals surface area contributed by atoms with Gasteiger partial charge in [0.15, 0.2) is 0 Å². The fourth-order valence-electron chi connectivity index (χ4n) is 3.37. The van der Waals surface area contributed by atoms with E-state index in [1.165, 1.54) is 24.1 Å². The molecule has 182 valence electrons. The first-order chi connectivity index (χ1) is 16.9. The van der Waals surface area contributed by atoms with Gasteiger partial charge in [0.2, 0.25) is 5.91 Å². The summed E-state index contributed by atoms with van der Waals surface area (Å²) in [6.45, 7) is 2.93. The number of benzene rings is 2. The maximum absolute atomic E-state index is 13.4. The molecule has 0 saturated heterocycles. The van der Waals surface area contributed by atoms with Gasteiger partial charge in [-0.15, -0.1) is 11.3 Å². The molecule has 1 N–H and O–H groups in total. The fourth-order valence-corrected chi connectivity index (χ4v) is 4.29. The highest BCUT2D eigenvalue weighted by atomic mass is 32.1. The number of halogens is 1. The molecule has 3 amide bonds. The lowest BCUT2D eigenvalue weighted by Crippen LogP contribution is -2.45. The van der Waals surface area contributed by atoms with Crippen molar-refractivity contribution in [3.8, 4) is 6.07 Å². The Labute approximate surface area is 208 Å². The molecule has 1 aromatic heterocycles. The number of amides is 3. The van der Waals surface area contributed by atoms with Crippen molar-refractivity contribution in [1.29, 1.82) is 5.26 Å². The van der Waals surface area contributed by atoms with Gasteiger partial charge in [-0.1, -0.05) is 18.2 Å². The highest BCUT2D eigenvalue weighted by Crippen LogP contribution is 2.20. The number of carbonyl (C=O) groups excluding carboxylic acids is 2. The highest BCUT2D eigenvalue weighted by molar-refractivity contribution is 7.10. The minimum absolute atomic E-state index is 0.168. The molecule has 2 aromatic carbocycles. The molecule has 3 aromatic rings. The molecule has 0 aliphatic carbocycles. The van der Waals surface area contributed by atoms with Crippen molar-refractivity contribution in [3.63, 3.8) is 0 Å². The summed E-state index contributed by atoms with van der Waals surface area (Å²) < 4.78 is 18.5. The van der Waals surface area contributed by atoms with Crippen molar-refractivity contribution in [2.24, 2.45) is 0 Å². The lowest BCUT2D eigenvalue weighted by molar-refractivity contribution is -0.133. The predicted octanol–water partition coefficient (Wildman–Crippen LogP) is 4.78. The van der Waals surface area contributed by atoms with E-state index in [4.69, 9.17) is 10.00 Å². The second kappa shape index (κ2) is 12.6. The predicted molar refractivity (Wildman–Crippen MR) is 133 cm³/mol. The van der Waals surface area contributed by atoms with E-state index >= 15 is 0 Å². The van der Waals surface area contributed by atoms with Crippen LogP contribution in [0.3, 0.4) is 0 Å². The number of nitriles is 1. The first-order valence-corrected chi connectivity index (χ1v) is 11.9. The number of carbonyl (C=O) groups is 2. The zero-order chi connectivity index (χ0) is 25.2. The molecule has 0 bridgehead atoms. The quantitative estimate of drug-likeness (QED) is 0.440. The van der Waals surface area contributed by atoms with Gasteiger partial charge in [-0.3, -0.25) is 4.79 Å². The lowest BCUT2D eigenvalue weighted by atomic mass is 10.2. The van der Waals surface area contributed by atoms with E-state index in [1.807, 2.05) is 24.4 Å². The van der Waals surface area contributed by atoms with E-state index in [0.717, 1.165) is 16.0 Å². The summed E-state index contributed by atoms with van der Waals surface area (Å²) in [6, 6.07) is 16.1. The average Bonchev–Trinajstić information content (AvgIpc) is 3.26. The molecule has 0 atom stereocenters. The minimum atomic E-state index is -0.473. The van der Waals surface area contributed by atoms with Gasteiger partial charge in [0.1, 0.15) is 12.4 Å². The van der Waals surface area contributed by atoms with Crippen LogP contribution in [-0.2, 0) is 22.6 Å². The minimum Gasteiger partial charge on any atom is -0.383 e. The zero-order valence-corrected chi connectivity index (χ0v) is 20.5. The van der Waals surface area contributed by atoms with Crippen LogP contribution in [0.4, 0.5) is 14.9 Å². The number of thiophene rings is 1. The zero-order valence-electron chi connectivity index (χ0n) is 19.7. The molecule has 0 radical (unpaired) electrons. The van der Waals surface area contributed by atoms with E-state index in [2.05, 4.69) is 5.32 Å². The van der Waals surface area contributed by atoms with Gasteiger partial charge in [-0.05, 0) is 59.8 Å². The Kier molecular flexibility index (Phi) is 9.35. The van der Waals surface area contributed by atoms with E-state index in [-0.39, 0.29) is 38.0 Å². The van der Waals surface area contributed by atoms with E-state index in [9.17, 15) is 14.0 Å². The lowest BCUT2D eigenvalue weighted by Gasteiger charge is -2.28. The second-order valence-electron chi connectivity index (χ2n) is 7.94. The van der Waals surface area contributed by atoms with Crippen molar-refractivity contribution < 1.29 is 18.7 Å². The number of methoxy groups -OCH3 is 1. The van der Waals surface area contributed by atoms with Crippen LogP contribution in [0, 0.1) is 24.1 Å². The molecule has 0 aliphatic rings. The topological polar surface area (TPSA) is 85.7 Å². The second-order valence-corrected chi connectivity index (χ2v) is 8.94. The Morgan fingerprint density at radius 3 is 2.54 bits per heavy atom. The van der Waals surface area contributed by atoms with E-state index in [1.54, 1.807) is 52.6 Å².